The molecule has 0 heterocycles. The molecule has 0 saturated heterocycles. The molecule has 1 aromatic carbocycles. The van der Waals surface area contributed by atoms with E-state index in [0.29, 0.717) is 6.04 Å². The zero-order chi connectivity index (χ0) is 12.4. The van der Waals surface area contributed by atoms with Crippen molar-refractivity contribution in [1.82, 2.24) is 0 Å². The number of methoxy groups -OCH3 is 1. The molecular formula is C15H23NO. The molecule has 2 rings (SSSR count). The minimum Gasteiger partial charge on any atom is -0.496 e. The molecule has 0 amide bonds. The highest BCUT2D eigenvalue weighted by Crippen LogP contribution is 2.33. The average Bonchev–Trinajstić information content (AvgIpc) is 2.69. The number of anilines is 1. The molecule has 2 unspecified atom stereocenters. The van der Waals surface area contributed by atoms with E-state index in [1.165, 1.54) is 36.1 Å². The minimum absolute atomic E-state index is 0.626. The van der Waals surface area contributed by atoms with Crippen LogP contribution in [0, 0.1) is 19.8 Å². The fraction of sp³-hybridized carbons (Fsp3) is 0.600. The molecule has 1 fully saturated rings. The predicted octanol–water partition coefficient (Wildman–Crippen LogP) is 3.91. The van der Waals surface area contributed by atoms with Gasteiger partial charge in [-0.15, -0.1) is 0 Å². The summed E-state index contributed by atoms with van der Waals surface area (Å²) in [5.74, 6) is 1.79. The van der Waals surface area contributed by atoms with Crippen LogP contribution in [0.1, 0.15) is 37.3 Å². The van der Waals surface area contributed by atoms with Crippen LogP contribution < -0.4 is 10.1 Å². The van der Waals surface area contributed by atoms with Crippen molar-refractivity contribution in [3.05, 3.63) is 23.3 Å². The van der Waals surface area contributed by atoms with E-state index >= 15 is 0 Å². The maximum absolute atomic E-state index is 5.47. The summed E-state index contributed by atoms with van der Waals surface area (Å²) in [5.41, 5.74) is 3.66. The van der Waals surface area contributed by atoms with Crippen LogP contribution in [0.4, 0.5) is 5.69 Å². The second-order valence-electron chi connectivity index (χ2n) is 5.25. The number of nitrogens with one attached hydrogen (secondary N) is 1. The van der Waals surface area contributed by atoms with Crippen molar-refractivity contribution >= 4 is 5.69 Å². The highest BCUT2D eigenvalue weighted by molar-refractivity contribution is 5.60. The summed E-state index contributed by atoms with van der Waals surface area (Å²) >= 11 is 0. The monoisotopic (exact) mass is 233 g/mol. The zero-order valence-electron chi connectivity index (χ0n) is 11.3. The molecule has 1 aliphatic carbocycles. The number of ether oxygens (including phenoxy) is 1. The molecular weight excluding hydrogens is 210 g/mol. The summed E-state index contributed by atoms with van der Waals surface area (Å²) in [6, 6.07) is 4.94. The van der Waals surface area contributed by atoms with E-state index in [4.69, 9.17) is 4.74 Å². The second kappa shape index (κ2) is 4.99. The largest absolute Gasteiger partial charge is 0.496 e. The van der Waals surface area contributed by atoms with Crippen LogP contribution in [-0.2, 0) is 0 Å². The smallest absolute Gasteiger partial charge is 0.126 e. The quantitative estimate of drug-likeness (QED) is 0.854. The summed E-state index contributed by atoms with van der Waals surface area (Å²) in [4.78, 5) is 0. The van der Waals surface area contributed by atoms with Crippen LogP contribution in [0.2, 0.25) is 0 Å². The average molecular weight is 233 g/mol. The first-order valence-corrected chi connectivity index (χ1v) is 6.54. The molecule has 1 aromatic rings. The Morgan fingerprint density at radius 2 is 2.00 bits per heavy atom. The molecule has 0 aromatic heterocycles. The van der Waals surface area contributed by atoms with Gasteiger partial charge >= 0.3 is 0 Å². The van der Waals surface area contributed by atoms with Gasteiger partial charge in [0.2, 0.25) is 0 Å². The highest BCUT2D eigenvalue weighted by Gasteiger charge is 2.23. The van der Waals surface area contributed by atoms with Crippen LogP contribution >= 0.6 is 0 Å². The van der Waals surface area contributed by atoms with Gasteiger partial charge in [0, 0.05) is 17.3 Å². The molecule has 17 heavy (non-hydrogen) atoms. The van der Waals surface area contributed by atoms with Crippen molar-refractivity contribution in [2.75, 3.05) is 12.4 Å². The van der Waals surface area contributed by atoms with Crippen LogP contribution in [0.25, 0.3) is 0 Å². The van der Waals surface area contributed by atoms with E-state index in [1.54, 1.807) is 7.11 Å². The van der Waals surface area contributed by atoms with Gasteiger partial charge in [-0.3, -0.25) is 0 Å². The minimum atomic E-state index is 0.626. The Balaban J connectivity index is 2.21. The Bertz CT molecular complexity index is 400. The van der Waals surface area contributed by atoms with Crippen molar-refractivity contribution in [3.8, 4) is 5.75 Å². The second-order valence-corrected chi connectivity index (χ2v) is 5.25. The Hall–Kier alpha value is -1.18. The fourth-order valence-corrected chi connectivity index (χ4v) is 2.86. The van der Waals surface area contributed by atoms with Crippen LogP contribution in [-0.4, -0.2) is 13.2 Å². The molecule has 0 aliphatic heterocycles. The summed E-state index contributed by atoms with van der Waals surface area (Å²) in [6.07, 6.45) is 3.98. The lowest BCUT2D eigenvalue weighted by molar-refractivity contribution is 0.408. The topological polar surface area (TPSA) is 21.3 Å². The Morgan fingerprint density at radius 3 is 2.59 bits per heavy atom. The third-order valence-electron chi connectivity index (χ3n) is 4.01. The number of aryl methyl sites for hydroxylation is 1. The van der Waals surface area contributed by atoms with Gasteiger partial charge < -0.3 is 10.1 Å². The first-order chi connectivity index (χ1) is 8.13. The molecule has 0 radical (unpaired) electrons. The lowest BCUT2D eigenvalue weighted by Gasteiger charge is -2.21. The van der Waals surface area contributed by atoms with E-state index in [9.17, 15) is 0 Å². The van der Waals surface area contributed by atoms with E-state index < -0.39 is 0 Å². The van der Waals surface area contributed by atoms with Crippen molar-refractivity contribution in [1.29, 1.82) is 0 Å². The molecule has 1 aliphatic rings. The third kappa shape index (κ3) is 2.41. The standard InChI is InChI=1S/C15H23NO/c1-10-6-5-7-13(10)16-14-9-8-11(2)15(17-4)12(14)3/h8-10,13,16H,5-7H2,1-4H3. The number of hydrogen-bond donors (Lipinski definition) is 1. The molecule has 0 spiro atoms. The van der Waals surface area contributed by atoms with E-state index in [0.717, 1.165) is 11.7 Å². The highest BCUT2D eigenvalue weighted by atomic mass is 16.5. The molecule has 2 atom stereocenters. The number of hydrogen-bond acceptors (Lipinski definition) is 2. The number of rotatable bonds is 3. The van der Waals surface area contributed by atoms with Gasteiger partial charge in [-0.1, -0.05) is 19.4 Å². The summed E-state index contributed by atoms with van der Waals surface area (Å²) in [5, 5.41) is 3.68. The lowest BCUT2D eigenvalue weighted by atomic mass is 10.0. The lowest BCUT2D eigenvalue weighted by Crippen LogP contribution is -2.22. The predicted molar refractivity (Wildman–Crippen MR) is 72.9 cm³/mol. The van der Waals surface area contributed by atoms with Gasteiger partial charge in [-0.25, -0.2) is 0 Å². The van der Waals surface area contributed by atoms with E-state index in [-0.39, 0.29) is 0 Å². The molecule has 2 nitrogen and oxygen atoms in total. The van der Waals surface area contributed by atoms with Crippen molar-refractivity contribution in [3.63, 3.8) is 0 Å². The van der Waals surface area contributed by atoms with E-state index in [2.05, 4.69) is 38.2 Å². The van der Waals surface area contributed by atoms with Crippen molar-refractivity contribution in [2.24, 2.45) is 5.92 Å². The maximum Gasteiger partial charge on any atom is 0.126 e. The third-order valence-corrected chi connectivity index (χ3v) is 4.01. The van der Waals surface area contributed by atoms with E-state index in [1.807, 2.05) is 0 Å². The first-order valence-electron chi connectivity index (χ1n) is 6.54. The number of benzene rings is 1. The van der Waals surface area contributed by atoms with Crippen LogP contribution in [0.3, 0.4) is 0 Å². The van der Waals surface area contributed by atoms with Crippen molar-refractivity contribution in [2.45, 2.75) is 46.1 Å². The Morgan fingerprint density at radius 1 is 1.24 bits per heavy atom. The normalized spacial score (nSPS) is 23.8. The first kappa shape index (κ1) is 12.3. The van der Waals surface area contributed by atoms with Crippen molar-refractivity contribution < 1.29 is 4.74 Å². The van der Waals surface area contributed by atoms with Gasteiger partial charge in [-0.2, -0.15) is 0 Å². The summed E-state index contributed by atoms with van der Waals surface area (Å²) in [6.45, 7) is 6.56. The van der Waals surface area contributed by atoms with Gasteiger partial charge in [0.05, 0.1) is 7.11 Å². The molecule has 0 bridgehead atoms. The van der Waals surface area contributed by atoms with Gasteiger partial charge in [-0.05, 0) is 44.2 Å². The maximum atomic E-state index is 5.47. The molecule has 1 N–H and O–H groups in total. The molecule has 1 saturated carbocycles. The summed E-state index contributed by atoms with van der Waals surface area (Å²) in [7, 11) is 1.75. The van der Waals surface area contributed by atoms with Crippen LogP contribution in [0.15, 0.2) is 12.1 Å². The fourth-order valence-electron chi connectivity index (χ4n) is 2.86. The Kier molecular flexibility index (Phi) is 3.60. The molecule has 94 valence electrons. The van der Waals surface area contributed by atoms with Gasteiger partial charge in [0.15, 0.2) is 0 Å². The Labute approximate surface area is 104 Å². The van der Waals surface area contributed by atoms with Gasteiger partial charge in [0.1, 0.15) is 5.75 Å². The zero-order valence-corrected chi connectivity index (χ0v) is 11.3. The SMILES string of the molecule is COc1c(C)ccc(NC2CCCC2C)c1C. The molecule has 2 heteroatoms. The summed E-state index contributed by atoms with van der Waals surface area (Å²) < 4.78 is 5.47. The van der Waals surface area contributed by atoms with Crippen LogP contribution in [0.5, 0.6) is 5.75 Å². The van der Waals surface area contributed by atoms with Gasteiger partial charge in [0.25, 0.3) is 0 Å².